The lowest BCUT2D eigenvalue weighted by atomic mass is 9.83. The van der Waals surface area contributed by atoms with Crippen LogP contribution in [0.4, 0.5) is 4.79 Å². The molecule has 0 saturated carbocycles. The van der Waals surface area contributed by atoms with Crippen molar-refractivity contribution in [1.29, 1.82) is 0 Å². The molecule has 120 valence electrons. The Labute approximate surface area is 142 Å². The highest BCUT2D eigenvalue weighted by molar-refractivity contribution is 6.67. The molecule has 0 aromatic heterocycles. The van der Waals surface area contributed by atoms with Gasteiger partial charge in [0.15, 0.2) is 0 Å². The van der Waals surface area contributed by atoms with E-state index in [-0.39, 0.29) is 0 Å². The van der Waals surface area contributed by atoms with Crippen molar-refractivity contribution in [3.63, 3.8) is 0 Å². The number of nitrogens with one attached hydrogen (secondary N) is 1. The van der Waals surface area contributed by atoms with E-state index in [2.05, 4.69) is 4.74 Å². The fourth-order valence-corrected chi connectivity index (χ4v) is 2.50. The van der Waals surface area contributed by atoms with Gasteiger partial charge in [0.1, 0.15) is 6.61 Å². The zero-order valence-electron chi connectivity index (χ0n) is 11.5. The standard InChI is InChI=1S/C14H14Cl3NO4/c15-14(16,17)8-21-13(20)18-22-12(19)11-7-3-5-9-4-1-2-6-10(9)11/h1-2,4,6,11H,3,5,7-8H2,(H,18,20). The summed E-state index contributed by atoms with van der Waals surface area (Å²) in [4.78, 5) is 28.2. The Morgan fingerprint density at radius 3 is 2.73 bits per heavy atom. The first kappa shape index (κ1) is 17.2. The molecule has 0 bridgehead atoms. The Morgan fingerprint density at radius 1 is 1.27 bits per heavy atom. The van der Waals surface area contributed by atoms with Gasteiger partial charge in [0, 0.05) is 0 Å². The maximum Gasteiger partial charge on any atom is 0.440 e. The van der Waals surface area contributed by atoms with Gasteiger partial charge >= 0.3 is 12.1 Å². The van der Waals surface area contributed by atoms with Crippen LogP contribution in [0.15, 0.2) is 24.3 Å². The largest absolute Gasteiger partial charge is 0.443 e. The highest BCUT2D eigenvalue weighted by atomic mass is 35.6. The van der Waals surface area contributed by atoms with Crippen LogP contribution in [0.5, 0.6) is 0 Å². The first-order chi connectivity index (χ1) is 10.4. The zero-order chi connectivity index (χ0) is 16.2. The summed E-state index contributed by atoms with van der Waals surface area (Å²) in [7, 11) is 0. The Kier molecular flexibility index (Phi) is 5.78. The summed E-state index contributed by atoms with van der Waals surface area (Å²) in [5.74, 6) is -0.948. The van der Waals surface area contributed by atoms with Crippen molar-refractivity contribution in [1.82, 2.24) is 5.48 Å². The van der Waals surface area contributed by atoms with Gasteiger partial charge in [-0.15, -0.1) is 5.48 Å². The lowest BCUT2D eigenvalue weighted by molar-refractivity contribution is -0.152. The summed E-state index contributed by atoms with van der Waals surface area (Å²) in [6.07, 6.45) is 1.48. The molecule has 1 aromatic rings. The van der Waals surface area contributed by atoms with Crippen LogP contribution >= 0.6 is 34.8 Å². The van der Waals surface area contributed by atoms with Crippen LogP contribution in [0.1, 0.15) is 29.9 Å². The number of hydrogen-bond donors (Lipinski definition) is 1. The summed E-state index contributed by atoms with van der Waals surface area (Å²) < 4.78 is 2.87. The van der Waals surface area contributed by atoms with Gasteiger partial charge in [-0.2, -0.15) is 0 Å². The van der Waals surface area contributed by atoms with Crippen molar-refractivity contribution in [3.05, 3.63) is 35.4 Å². The molecule has 1 aromatic carbocycles. The number of hydroxylamine groups is 1. The molecule has 0 aliphatic heterocycles. The molecule has 1 amide bonds. The average Bonchev–Trinajstić information content (AvgIpc) is 2.49. The number of aryl methyl sites for hydroxylation is 1. The Hall–Kier alpha value is -1.17. The second kappa shape index (κ2) is 7.40. The third-order valence-electron chi connectivity index (χ3n) is 3.26. The zero-order valence-corrected chi connectivity index (χ0v) is 13.7. The third-order valence-corrected chi connectivity index (χ3v) is 3.58. The van der Waals surface area contributed by atoms with Crippen LogP contribution in [0.3, 0.4) is 0 Å². The quantitative estimate of drug-likeness (QED) is 0.641. The van der Waals surface area contributed by atoms with E-state index in [4.69, 9.17) is 39.6 Å². The molecule has 1 aliphatic carbocycles. The third kappa shape index (κ3) is 4.93. The van der Waals surface area contributed by atoms with Crippen LogP contribution in [0.25, 0.3) is 0 Å². The van der Waals surface area contributed by atoms with Gasteiger partial charge in [-0.05, 0) is 30.4 Å². The van der Waals surface area contributed by atoms with Crippen LogP contribution < -0.4 is 5.48 Å². The number of ether oxygens (including phenoxy) is 1. The molecular formula is C14H14Cl3NO4. The van der Waals surface area contributed by atoms with E-state index in [1.165, 1.54) is 0 Å². The van der Waals surface area contributed by atoms with Gasteiger partial charge in [0.25, 0.3) is 0 Å². The van der Waals surface area contributed by atoms with Gasteiger partial charge in [-0.25, -0.2) is 9.59 Å². The maximum absolute atomic E-state index is 12.1. The molecule has 0 fully saturated rings. The van der Waals surface area contributed by atoms with Crippen molar-refractivity contribution < 1.29 is 19.2 Å². The van der Waals surface area contributed by atoms with Crippen LogP contribution in [-0.2, 0) is 20.8 Å². The van der Waals surface area contributed by atoms with Gasteiger partial charge < -0.3 is 9.57 Å². The fraction of sp³-hybridized carbons (Fsp3) is 0.429. The molecule has 8 heteroatoms. The predicted octanol–water partition coefficient (Wildman–Crippen LogP) is 3.66. The Morgan fingerprint density at radius 2 is 2.00 bits per heavy atom. The van der Waals surface area contributed by atoms with E-state index < -0.39 is 28.4 Å². The van der Waals surface area contributed by atoms with E-state index in [1.807, 2.05) is 29.7 Å². The summed E-state index contributed by atoms with van der Waals surface area (Å²) in [6.45, 7) is -0.451. The molecule has 0 spiro atoms. The molecule has 0 radical (unpaired) electrons. The van der Waals surface area contributed by atoms with Crippen LogP contribution in [0, 0.1) is 0 Å². The molecule has 1 atom stereocenters. The summed E-state index contributed by atoms with van der Waals surface area (Å²) in [5, 5.41) is 0. The number of benzene rings is 1. The number of rotatable bonds is 2. The minimum atomic E-state index is -1.72. The van der Waals surface area contributed by atoms with E-state index >= 15 is 0 Å². The van der Waals surface area contributed by atoms with E-state index in [1.54, 1.807) is 0 Å². The molecule has 2 rings (SSSR count). The number of amides is 1. The first-order valence-electron chi connectivity index (χ1n) is 6.65. The molecule has 1 aliphatic rings. The maximum atomic E-state index is 12.1. The van der Waals surface area contributed by atoms with Gasteiger partial charge in [-0.1, -0.05) is 59.1 Å². The number of carbonyl (C=O) groups is 2. The van der Waals surface area contributed by atoms with E-state index in [0.29, 0.717) is 6.42 Å². The van der Waals surface area contributed by atoms with Crippen molar-refractivity contribution in [2.75, 3.05) is 6.61 Å². The van der Waals surface area contributed by atoms with Gasteiger partial charge in [0.2, 0.25) is 3.79 Å². The average molecular weight is 367 g/mol. The SMILES string of the molecule is O=C(NOC(=O)C1CCCc2ccccc21)OCC(Cl)(Cl)Cl. The minimum absolute atomic E-state index is 0.404. The Bertz CT molecular complexity index is 559. The summed E-state index contributed by atoms with van der Waals surface area (Å²) in [6, 6.07) is 7.67. The number of fused-ring (bicyclic) bond motifs is 1. The minimum Gasteiger partial charge on any atom is -0.443 e. The smallest absolute Gasteiger partial charge is 0.440 e. The number of halogens is 3. The number of alkyl halides is 3. The topological polar surface area (TPSA) is 64.6 Å². The van der Waals surface area contributed by atoms with Crippen molar-refractivity contribution in [2.45, 2.75) is 29.0 Å². The van der Waals surface area contributed by atoms with Crippen molar-refractivity contribution >= 4 is 46.9 Å². The number of carbonyl (C=O) groups excluding carboxylic acids is 2. The van der Waals surface area contributed by atoms with Gasteiger partial charge in [-0.3, -0.25) is 0 Å². The van der Waals surface area contributed by atoms with Crippen molar-refractivity contribution in [2.24, 2.45) is 0 Å². The molecule has 0 saturated heterocycles. The molecule has 1 unspecified atom stereocenters. The lowest BCUT2D eigenvalue weighted by Gasteiger charge is -2.23. The molecule has 0 heterocycles. The van der Waals surface area contributed by atoms with Gasteiger partial charge in [0.05, 0.1) is 5.92 Å². The highest BCUT2D eigenvalue weighted by Gasteiger charge is 2.28. The van der Waals surface area contributed by atoms with Crippen LogP contribution in [-0.4, -0.2) is 22.5 Å². The second-order valence-electron chi connectivity index (χ2n) is 4.86. The van der Waals surface area contributed by atoms with Crippen molar-refractivity contribution in [3.8, 4) is 0 Å². The van der Waals surface area contributed by atoms with E-state index in [0.717, 1.165) is 24.0 Å². The normalized spacial score (nSPS) is 17.3. The molecule has 1 N–H and O–H groups in total. The Balaban J connectivity index is 1.87. The molecular weight excluding hydrogens is 353 g/mol. The number of hydrogen-bond acceptors (Lipinski definition) is 4. The summed E-state index contributed by atoms with van der Waals surface area (Å²) >= 11 is 16.3. The fourth-order valence-electron chi connectivity index (χ4n) is 2.34. The summed E-state index contributed by atoms with van der Waals surface area (Å²) in [5.41, 5.74) is 3.94. The second-order valence-corrected chi connectivity index (χ2v) is 7.37. The first-order valence-corrected chi connectivity index (χ1v) is 7.78. The molecule has 5 nitrogen and oxygen atoms in total. The predicted molar refractivity (Wildman–Crippen MR) is 83.0 cm³/mol. The van der Waals surface area contributed by atoms with Crippen LogP contribution in [0.2, 0.25) is 0 Å². The highest BCUT2D eigenvalue weighted by Crippen LogP contribution is 2.32. The molecule has 22 heavy (non-hydrogen) atoms. The van der Waals surface area contributed by atoms with E-state index in [9.17, 15) is 9.59 Å². The lowest BCUT2D eigenvalue weighted by Crippen LogP contribution is -2.33. The monoisotopic (exact) mass is 365 g/mol.